The van der Waals surface area contributed by atoms with Gasteiger partial charge in [0.1, 0.15) is 12.1 Å². The zero-order valence-electron chi connectivity index (χ0n) is 11.1. The molecular weight excluding hydrogens is 297 g/mol. The predicted octanol–water partition coefficient (Wildman–Crippen LogP) is 4.10. The van der Waals surface area contributed by atoms with E-state index in [-0.39, 0.29) is 28.3 Å². The van der Waals surface area contributed by atoms with Crippen LogP contribution in [-0.4, -0.2) is 11.2 Å². The zero-order valence-corrected chi connectivity index (χ0v) is 11.9. The van der Waals surface area contributed by atoms with E-state index in [0.717, 1.165) is 0 Å². The maximum atomic E-state index is 13.4. The van der Waals surface area contributed by atoms with Gasteiger partial charge in [0, 0.05) is 12.0 Å². The maximum Gasteiger partial charge on any atom is 0.281 e. The first kappa shape index (κ1) is 15.1. The molecule has 0 fully saturated rings. The van der Waals surface area contributed by atoms with Crippen LogP contribution in [0.3, 0.4) is 0 Å². The Hall–Kier alpha value is -2.27. The van der Waals surface area contributed by atoms with Crippen molar-refractivity contribution in [1.29, 1.82) is 0 Å². The highest BCUT2D eigenvalue weighted by Gasteiger charge is 2.25. The molecule has 0 radical (unpaired) electrons. The molecule has 2 rings (SSSR count). The average Bonchev–Trinajstić information content (AvgIpc) is 2.42. The number of aldehydes is 1. The Balaban J connectivity index is 2.86. The number of nitrogens with zero attached hydrogens (tertiary/aromatic N) is 1. The molecule has 0 unspecified atom stereocenters. The van der Waals surface area contributed by atoms with Crippen LogP contribution in [0.25, 0.3) is 11.1 Å². The van der Waals surface area contributed by atoms with Crippen LogP contribution >= 0.6 is 11.6 Å². The summed E-state index contributed by atoms with van der Waals surface area (Å²) in [7, 11) is 0. The van der Waals surface area contributed by atoms with Gasteiger partial charge in [-0.2, -0.15) is 0 Å². The summed E-state index contributed by atoms with van der Waals surface area (Å²) in [5, 5.41) is 11.6. The van der Waals surface area contributed by atoms with E-state index in [1.807, 2.05) is 0 Å². The molecule has 108 valence electrons. The van der Waals surface area contributed by atoms with Gasteiger partial charge in [-0.25, -0.2) is 4.39 Å². The third kappa shape index (κ3) is 2.92. The number of hydrogen-bond acceptors (Lipinski definition) is 3. The molecule has 6 heteroatoms. The summed E-state index contributed by atoms with van der Waals surface area (Å²) in [4.78, 5) is 21.6. The number of carbonyl (C=O) groups excluding carboxylic acids is 1. The second kappa shape index (κ2) is 6.01. The van der Waals surface area contributed by atoms with Crippen molar-refractivity contribution in [3.8, 4) is 11.1 Å². The molecule has 0 N–H and O–H groups in total. The topological polar surface area (TPSA) is 60.2 Å². The number of nitro benzene ring substituents is 1. The molecule has 0 aliphatic heterocycles. The normalized spacial score (nSPS) is 10.4. The van der Waals surface area contributed by atoms with E-state index < -0.39 is 10.7 Å². The molecular formula is C15H11ClFNO3. The second-order valence-corrected chi connectivity index (χ2v) is 4.91. The first-order valence-electron chi connectivity index (χ1n) is 6.11. The first-order valence-corrected chi connectivity index (χ1v) is 6.49. The van der Waals surface area contributed by atoms with Crippen LogP contribution in [0.4, 0.5) is 10.1 Å². The van der Waals surface area contributed by atoms with Crippen molar-refractivity contribution in [3.63, 3.8) is 0 Å². The second-order valence-electron chi connectivity index (χ2n) is 4.50. The van der Waals surface area contributed by atoms with Crippen LogP contribution < -0.4 is 0 Å². The van der Waals surface area contributed by atoms with Crippen molar-refractivity contribution in [2.45, 2.75) is 13.3 Å². The number of benzene rings is 2. The van der Waals surface area contributed by atoms with Crippen LogP contribution in [0.5, 0.6) is 0 Å². The lowest BCUT2D eigenvalue weighted by molar-refractivity contribution is -0.384. The van der Waals surface area contributed by atoms with Gasteiger partial charge in [0.05, 0.1) is 15.5 Å². The third-order valence-electron chi connectivity index (χ3n) is 3.17. The average molecular weight is 308 g/mol. The fourth-order valence-corrected chi connectivity index (χ4v) is 2.45. The monoisotopic (exact) mass is 307 g/mol. The van der Waals surface area contributed by atoms with Crippen molar-refractivity contribution >= 4 is 23.6 Å². The van der Waals surface area contributed by atoms with E-state index in [1.54, 1.807) is 6.07 Å². The molecule has 2 aromatic rings. The van der Waals surface area contributed by atoms with E-state index in [1.165, 1.54) is 31.2 Å². The molecule has 4 nitrogen and oxygen atoms in total. The largest absolute Gasteiger partial charge is 0.303 e. The van der Waals surface area contributed by atoms with Gasteiger partial charge in [0.25, 0.3) is 5.69 Å². The number of halogens is 2. The van der Waals surface area contributed by atoms with E-state index >= 15 is 0 Å². The molecule has 0 aromatic heterocycles. The summed E-state index contributed by atoms with van der Waals surface area (Å²) in [6.07, 6.45) is 0.597. The van der Waals surface area contributed by atoms with Gasteiger partial charge in [-0.15, -0.1) is 0 Å². The molecule has 0 saturated carbocycles. The van der Waals surface area contributed by atoms with Gasteiger partial charge in [-0.05, 0) is 36.2 Å². The number of carbonyl (C=O) groups is 1. The highest BCUT2D eigenvalue weighted by Crippen LogP contribution is 2.39. The van der Waals surface area contributed by atoms with Gasteiger partial charge in [0.2, 0.25) is 0 Å². The Morgan fingerprint density at radius 2 is 2.10 bits per heavy atom. The Morgan fingerprint density at radius 1 is 1.38 bits per heavy atom. The van der Waals surface area contributed by atoms with Crippen LogP contribution in [0, 0.1) is 22.9 Å². The number of hydrogen-bond donors (Lipinski definition) is 0. The number of nitro groups is 1. The smallest absolute Gasteiger partial charge is 0.281 e. The molecule has 0 aliphatic rings. The lowest BCUT2D eigenvalue weighted by Gasteiger charge is -2.12. The molecule has 0 aliphatic carbocycles. The minimum absolute atomic E-state index is 0.0350. The minimum atomic E-state index is -0.560. The molecule has 0 heterocycles. The molecule has 0 atom stereocenters. The minimum Gasteiger partial charge on any atom is -0.303 e. The van der Waals surface area contributed by atoms with Crippen molar-refractivity contribution in [2.75, 3.05) is 0 Å². The standard InChI is InChI=1S/C15H11ClFNO3/c1-9-13(16)8-11(5-6-19)14(15(9)18(20)21)10-3-2-4-12(17)7-10/h2-4,6-8H,5H2,1H3. The van der Waals surface area contributed by atoms with Gasteiger partial charge >= 0.3 is 0 Å². The quantitative estimate of drug-likeness (QED) is 0.485. The lowest BCUT2D eigenvalue weighted by atomic mass is 9.93. The predicted molar refractivity (Wildman–Crippen MR) is 78.0 cm³/mol. The summed E-state index contributed by atoms with van der Waals surface area (Å²) in [6.45, 7) is 1.52. The Kier molecular flexibility index (Phi) is 4.33. The molecule has 0 bridgehead atoms. The fraction of sp³-hybridized carbons (Fsp3) is 0.133. The van der Waals surface area contributed by atoms with E-state index in [4.69, 9.17) is 11.6 Å². The first-order chi connectivity index (χ1) is 9.95. The summed E-state index contributed by atoms with van der Waals surface area (Å²) in [6, 6.07) is 6.98. The Morgan fingerprint density at radius 3 is 2.67 bits per heavy atom. The van der Waals surface area contributed by atoms with Crippen molar-refractivity contribution in [1.82, 2.24) is 0 Å². The van der Waals surface area contributed by atoms with Crippen molar-refractivity contribution < 1.29 is 14.1 Å². The maximum absolute atomic E-state index is 13.4. The summed E-state index contributed by atoms with van der Waals surface area (Å²) >= 11 is 6.00. The molecule has 0 amide bonds. The highest BCUT2D eigenvalue weighted by molar-refractivity contribution is 6.32. The lowest BCUT2D eigenvalue weighted by Crippen LogP contribution is -2.01. The van der Waals surface area contributed by atoms with E-state index in [9.17, 15) is 19.3 Å². The van der Waals surface area contributed by atoms with Gasteiger partial charge in [-0.1, -0.05) is 23.7 Å². The molecule has 2 aromatic carbocycles. The molecule has 21 heavy (non-hydrogen) atoms. The highest BCUT2D eigenvalue weighted by atomic mass is 35.5. The van der Waals surface area contributed by atoms with Gasteiger partial charge in [0.15, 0.2) is 0 Å². The summed E-state index contributed by atoms with van der Waals surface area (Å²) < 4.78 is 13.4. The van der Waals surface area contributed by atoms with Crippen LogP contribution in [0.1, 0.15) is 11.1 Å². The SMILES string of the molecule is Cc1c(Cl)cc(CC=O)c(-c2cccc(F)c2)c1[N+](=O)[O-]. The van der Waals surface area contributed by atoms with Crippen LogP contribution in [0.15, 0.2) is 30.3 Å². The van der Waals surface area contributed by atoms with E-state index in [0.29, 0.717) is 17.4 Å². The summed E-state index contributed by atoms with van der Waals surface area (Å²) in [5.41, 5.74) is 1.06. The molecule has 0 spiro atoms. The van der Waals surface area contributed by atoms with Crippen LogP contribution in [-0.2, 0) is 11.2 Å². The fourth-order valence-electron chi connectivity index (χ4n) is 2.23. The van der Waals surface area contributed by atoms with Gasteiger partial charge < -0.3 is 4.79 Å². The van der Waals surface area contributed by atoms with Crippen molar-refractivity contribution in [2.24, 2.45) is 0 Å². The van der Waals surface area contributed by atoms with E-state index in [2.05, 4.69) is 0 Å². The third-order valence-corrected chi connectivity index (χ3v) is 3.56. The number of rotatable bonds is 4. The van der Waals surface area contributed by atoms with Crippen molar-refractivity contribution in [3.05, 3.63) is 62.4 Å². The zero-order chi connectivity index (χ0) is 15.6. The van der Waals surface area contributed by atoms with Crippen LogP contribution in [0.2, 0.25) is 5.02 Å². The Labute approximate surface area is 125 Å². The summed E-state index contributed by atoms with van der Waals surface area (Å²) in [5.74, 6) is -0.508. The molecule has 0 saturated heterocycles. The van der Waals surface area contributed by atoms with Gasteiger partial charge in [-0.3, -0.25) is 10.1 Å². The Bertz CT molecular complexity index is 731.